The van der Waals surface area contributed by atoms with Crippen molar-refractivity contribution >= 4 is 6.79 Å². The summed E-state index contributed by atoms with van der Waals surface area (Å²) in [6.45, 7) is 3.25. The summed E-state index contributed by atoms with van der Waals surface area (Å²) in [6, 6.07) is 0. The molecule has 0 aliphatic rings. The van der Waals surface area contributed by atoms with Gasteiger partial charge in [-0.05, 0) is 0 Å². The SMILES string of the molecule is [CH-]=O.[CH3-].[CH3-].[CH3-].[Co+2].[Y]. The molecule has 0 rings (SSSR count). The van der Waals surface area contributed by atoms with E-state index in [0.717, 1.165) is 0 Å². The van der Waals surface area contributed by atoms with Crippen LogP contribution in [0.2, 0.25) is 0 Å². The van der Waals surface area contributed by atoms with Gasteiger partial charge >= 0.3 is 16.8 Å². The van der Waals surface area contributed by atoms with Gasteiger partial charge < -0.3 is 27.1 Å². The zero-order chi connectivity index (χ0) is 2.00. The maximum atomic E-state index is 7.75. The molecular formula is C4H10CoOY-2. The summed E-state index contributed by atoms with van der Waals surface area (Å²) in [4.78, 5) is 7.75. The molecule has 7 heavy (non-hydrogen) atoms. The Hall–Kier alpha value is 1.28. The van der Waals surface area contributed by atoms with Crippen molar-refractivity contribution in [3.63, 3.8) is 0 Å². The zero-order valence-corrected chi connectivity index (χ0v) is 8.78. The Morgan fingerprint density at radius 1 is 0.857 bits per heavy atom. The van der Waals surface area contributed by atoms with Crippen molar-refractivity contribution in [2.24, 2.45) is 0 Å². The summed E-state index contributed by atoms with van der Waals surface area (Å²) in [5.41, 5.74) is 0. The van der Waals surface area contributed by atoms with E-state index in [9.17, 15) is 0 Å². The molecule has 0 aliphatic carbocycles. The van der Waals surface area contributed by atoms with Crippen LogP contribution in [0.1, 0.15) is 0 Å². The third kappa shape index (κ3) is 124. The number of hydrogen-bond acceptors (Lipinski definition) is 1. The second kappa shape index (κ2) is 175. The fraction of sp³-hybridized carbons (Fsp3) is 0. The van der Waals surface area contributed by atoms with Crippen LogP contribution >= 0.6 is 0 Å². The Bertz CT molecular complexity index is 11.7. The van der Waals surface area contributed by atoms with E-state index in [1.54, 1.807) is 0 Å². The van der Waals surface area contributed by atoms with Gasteiger partial charge in [0.05, 0.1) is 0 Å². The van der Waals surface area contributed by atoms with Crippen molar-refractivity contribution in [3.05, 3.63) is 22.3 Å². The molecule has 3 heteroatoms. The van der Waals surface area contributed by atoms with Gasteiger partial charge in [-0.15, -0.1) is 0 Å². The van der Waals surface area contributed by atoms with Crippen molar-refractivity contribution in [2.75, 3.05) is 0 Å². The van der Waals surface area contributed by atoms with Crippen LogP contribution in [0.25, 0.3) is 0 Å². The quantitative estimate of drug-likeness (QED) is 0.442. The summed E-state index contributed by atoms with van der Waals surface area (Å²) in [6.07, 6.45) is 0. The van der Waals surface area contributed by atoms with Crippen LogP contribution in [0.4, 0.5) is 0 Å². The third-order valence-corrected chi connectivity index (χ3v) is 0. The Labute approximate surface area is 82.7 Å². The summed E-state index contributed by atoms with van der Waals surface area (Å²) >= 11 is 0. The van der Waals surface area contributed by atoms with Crippen molar-refractivity contribution in [3.8, 4) is 0 Å². The maximum absolute atomic E-state index is 7.75. The molecule has 1 nitrogen and oxygen atoms in total. The predicted molar refractivity (Wildman–Crippen MR) is 26.0 cm³/mol. The standard InChI is InChI=1S/CHO.3CH3.Co.Y/c1-2;;;;;/h1H;3*1H3;;/q4*-1;+2;. The minimum Gasteiger partial charge on any atom is -0.545 e. The smallest absolute Gasteiger partial charge is 0.545 e. The van der Waals surface area contributed by atoms with Crippen LogP contribution < -0.4 is 0 Å². The fourth-order valence-corrected chi connectivity index (χ4v) is 0. The Morgan fingerprint density at radius 3 is 0.857 bits per heavy atom. The van der Waals surface area contributed by atoms with Crippen molar-refractivity contribution in [1.82, 2.24) is 0 Å². The maximum Gasteiger partial charge on any atom is 2.00 e. The van der Waals surface area contributed by atoms with E-state index in [0.29, 0.717) is 0 Å². The molecule has 0 saturated heterocycles. The second-order valence-electron chi connectivity index (χ2n) is 0. The fourth-order valence-electron chi connectivity index (χ4n) is 0. The third-order valence-electron chi connectivity index (χ3n) is 0. The number of carbonyl (C=O) groups excluding carboxylic acids is 1. The van der Waals surface area contributed by atoms with Gasteiger partial charge in [0.25, 0.3) is 0 Å². The molecular weight excluding hydrogens is 212 g/mol. The first-order valence-electron chi connectivity index (χ1n) is 0.236. The van der Waals surface area contributed by atoms with Gasteiger partial charge in [0.2, 0.25) is 0 Å². The van der Waals surface area contributed by atoms with Crippen molar-refractivity contribution in [2.45, 2.75) is 0 Å². The van der Waals surface area contributed by atoms with Crippen LogP contribution in [-0.2, 0) is 54.3 Å². The van der Waals surface area contributed by atoms with E-state index in [4.69, 9.17) is 4.79 Å². The minimum atomic E-state index is 0. The normalized spacial score (nSPS) is 0.571. The molecule has 0 aromatic carbocycles. The van der Waals surface area contributed by atoms with E-state index >= 15 is 0 Å². The largest absolute Gasteiger partial charge is 2.00 e. The van der Waals surface area contributed by atoms with Gasteiger partial charge in [0, 0.05) is 32.7 Å². The van der Waals surface area contributed by atoms with Gasteiger partial charge in [0.1, 0.15) is 0 Å². The van der Waals surface area contributed by atoms with Crippen LogP contribution in [0, 0.1) is 22.3 Å². The molecule has 2 radical (unpaired) electrons. The molecule has 0 amide bonds. The molecule has 0 aromatic rings. The molecule has 0 heterocycles. The first kappa shape index (κ1) is 84.4. The minimum absolute atomic E-state index is 0. The molecule has 0 atom stereocenters. The molecule has 0 aliphatic heterocycles. The van der Waals surface area contributed by atoms with Gasteiger partial charge in [-0.2, -0.15) is 0 Å². The zero-order valence-electron chi connectivity index (χ0n) is 4.90. The average Bonchev–Trinajstić information content (AvgIpc) is 1.00. The van der Waals surface area contributed by atoms with Crippen molar-refractivity contribution in [1.29, 1.82) is 0 Å². The number of hydrogen-bond donors (Lipinski definition) is 0. The predicted octanol–water partition coefficient (Wildman–Crippen LogP) is 1.07. The molecule has 0 bridgehead atoms. The number of rotatable bonds is 0. The van der Waals surface area contributed by atoms with E-state index in [2.05, 4.69) is 6.79 Å². The summed E-state index contributed by atoms with van der Waals surface area (Å²) in [5.74, 6) is 0. The Kier molecular flexibility index (Phi) is 2110. The summed E-state index contributed by atoms with van der Waals surface area (Å²) < 4.78 is 0. The summed E-state index contributed by atoms with van der Waals surface area (Å²) in [7, 11) is 0. The molecule has 0 unspecified atom stereocenters. The van der Waals surface area contributed by atoms with E-state index < -0.39 is 0 Å². The molecule has 0 fully saturated rings. The molecule has 0 aromatic heterocycles. The Balaban J connectivity index is -0.000000000500. The Morgan fingerprint density at radius 2 is 0.857 bits per heavy atom. The average molecular weight is 222 g/mol. The van der Waals surface area contributed by atoms with E-state index in [-0.39, 0.29) is 71.8 Å². The monoisotopic (exact) mass is 222 g/mol. The van der Waals surface area contributed by atoms with Crippen LogP contribution in [0.3, 0.4) is 0 Å². The molecule has 0 spiro atoms. The molecule has 46 valence electrons. The first-order valence-corrected chi connectivity index (χ1v) is 0.236. The van der Waals surface area contributed by atoms with E-state index in [1.807, 2.05) is 0 Å². The van der Waals surface area contributed by atoms with Gasteiger partial charge in [-0.25, -0.2) is 0 Å². The van der Waals surface area contributed by atoms with E-state index in [1.165, 1.54) is 0 Å². The van der Waals surface area contributed by atoms with Crippen LogP contribution in [0.5, 0.6) is 0 Å². The van der Waals surface area contributed by atoms with Crippen molar-refractivity contribution < 1.29 is 54.3 Å². The molecule has 0 saturated carbocycles. The van der Waals surface area contributed by atoms with Crippen LogP contribution in [0.15, 0.2) is 0 Å². The van der Waals surface area contributed by atoms with Gasteiger partial charge in [-0.3, -0.25) is 6.79 Å². The molecule has 0 N–H and O–H groups in total. The van der Waals surface area contributed by atoms with Crippen LogP contribution in [-0.4, -0.2) is 6.79 Å². The first-order chi connectivity index (χ1) is 1.00. The van der Waals surface area contributed by atoms with Gasteiger partial charge in [-0.1, -0.05) is 0 Å². The van der Waals surface area contributed by atoms with Gasteiger partial charge in [0.15, 0.2) is 0 Å². The topological polar surface area (TPSA) is 17.1 Å². The summed E-state index contributed by atoms with van der Waals surface area (Å²) in [5, 5.41) is 0. The second-order valence-corrected chi connectivity index (χ2v) is 0.